The minimum Gasteiger partial charge on any atom is -0.382 e. The quantitative estimate of drug-likeness (QED) is 0.743. The van der Waals surface area contributed by atoms with Gasteiger partial charge in [0.25, 0.3) is 0 Å². The summed E-state index contributed by atoms with van der Waals surface area (Å²) in [5, 5.41) is 4.23. The van der Waals surface area contributed by atoms with Gasteiger partial charge in [0.05, 0.1) is 16.7 Å². The Balaban J connectivity index is 2.26. The topological polar surface area (TPSA) is 69.6 Å². The van der Waals surface area contributed by atoms with Crippen molar-refractivity contribution >= 4 is 16.9 Å². The van der Waals surface area contributed by atoms with Gasteiger partial charge in [-0.15, -0.1) is 0 Å². The summed E-state index contributed by atoms with van der Waals surface area (Å²) < 4.78 is 1.86. The van der Waals surface area contributed by atoms with E-state index in [4.69, 9.17) is 5.73 Å². The van der Waals surface area contributed by atoms with Crippen LogP contribution in [-0.2, 0) is 6.54 Å². The maximum Gasteiger partial charge on any atom is 0.152 e. The standard InChI is InChI=1S/C13H13N5/c1-2-18-11(7-8-15-18)12-13(14)17-10-6-4-3-5-9(10)16-12/h3-8H,2H2,1H3,(H2,14,17). The number of aromatic nitrogens is 4. The number of fused-ring (bicyclic) bond motifs is 1. The fourth-order valence-corrected chi connectivity index (χ4v) is 1.99. The number of para-hydroxylation sites is 2. The van der Waals surface area contributed by atoms with E-state index in [2.05, 4.69) is 15.1 Å². The summed E-state index contributed by atoms with van der Waals surface area (Å²) in [7, 11) is 0. The van der Waals surface area contributed by atoms with Crippen molar-refractivity contribution in [3.8, 4) is 11.4 Å². The smallest absolute Gasteiger partial charge is 0.152 e. The predicted octanol–water partition coefficient (Wildman–Crippen LogP) is 2.10. The number of aryl methyl sites for hydroxylation is 1. The summed E-state index contributed by atoms with van der Waals surface area (Å²) >= 11 is 0. The molecule has 0 unspecified atom stereocenters. The SMILES string of the molecule is CCn1nccc1-c1nc2ccccc2nc1N. The number of rotatable bonds is 2. The third kappa shape index (κ3) is 1.60. The molecule has 0 aliphatic rings. The van der Waals surface area contributed by atoms with E-state index in [1.807, 2.05) is 41.9 Å². The van der Waals surface area contributed by atoms with Gasteiger partial charge in [0.2, 0.25) is 0 Å². The maximum atomic E-state index is 5.99. The monoisotopic (exact) mass is 239 g/mol. The summed E-state index contributed by atoms with van der Waals surface area (Å²) in [6, 6.07) is 9.59. The van der Waals surface area contributed by atoms with E-state index in [1.54, 1.807) is 6.20 Å². The molecule has 0 atom stereocenters. The molecule has 3 aromatic rings. The molecular weight excluding hydrogens is 226 g/mol. The average Bonchev–Trinajstić information content (AvgIpc) is 2.86. The summed E-state index contributed by atoms with van der Waals surface area (Å²) in [5.41, 5.74) is 9.22. The molecule has 1 aromatic carbocycles. The highest BCUT2D eigenvalue weighted by Crippen LogP contribution is 2.24. The van der Waals surface area contributed by atoms with E-state index >= 15 is 0 Å². The van der Waals surface area contributed by atoms with Gasteiger partial charge in [-0.05, 0) is 25.1 Å². The maximum absolute atomic E-state index is 5.99. The van der Waals surface area contributed by atoms with Gasteiger partial charge in [-0.3, -0.25) is 4.68 Å². The Morgan fingerprint density at radius 2 is 1.83 bits per heavy atom. The molecule has 18 heavy (non-hydrogen) atoms. The van der Waals surface area contributed by atoms with Gasteiger partial charge in [-0.25, -0.2) is 9.97 Å². The molecule has 5 nitrogen and oxygen atoms in total. The van der Waals surface area contributed by atoms with Gasteiger partial charge in [0.15, 0.2) is 5.82 Å². The highest BCUT2D eigenvalue weighted by atomic mass is 15.3. The molecule has 0 aliphatic carbocycles. The zero-order valence-corrected chi connectivity index (χ0v) is 10.0. The molecular formula is C13H13N5. The highest BCUT2D eigenvalue weighted by Gasteiger charge is 2.12. The van der Waals surface area contributed by atoms with Crippen LogP contribution in [0.25, 0.3) is 22.4 Å². The summed E-state index contributed by atoms with van der Waals surface area (Å²) in [5.74, 6) is 0.434. The minimum atomic E-state index is 0.434. The van der Waals surface area contributed by atoms with Crippen molar-refractivity contribution in [2.75, 3.05) is 5.73 Å². The van der Waals surface area contributed by atoms with Crippen molar-refractivity contribution < 1.29 is 0 Å². The molecule has 0 spiro atoms. The van der Waals surface area contributed by atoms with Gasteiger partial charge in [-0.2, -0.15) is 5.10 Å². The molecule has 2 heterocycles. The fourth-order valence-electron chi connectivity index (χ4n) is 1.99. The molecule has 0 saturated carbocycles. The van der Waals surface area contributed by atoms with Crippen molar-refractivity contribution in [2.24, 2.45) is 0 Å². The second-order valence-electron chi connectivity index (χ2n) is 3.98. The Hall–Kier alpha value is -2.43. The lowest BCUT2D eigenvalue weighted by Crippen LogP contribution is -2.04. The second kappa shape index (κ2) is 4.10. The summed E-state index contributed by atoms with van der Waals surface area (Å²) in [4.78, 5) is 8.96. The third-order valence-electron chi connectivity index (χ3n) is 2.86. The summed E-state index contributed by atoms with van der Waals surface area (Å²) in [6.45, 7) is 2.80. The van der Waals surface area contributed by atoms with Crippen molar-refractivity contribution in [1.82, 2.24) is 19.7 Å². The lowest BCUT2D eigenvalue weighted by atomic mass is 10.2. The normalized spacial score (nSPS) is 10.9. The molecule has 2 aromatic heterocycles. The van der Waals surface area contributed by atoms with Gasteiger partial charge in [0.1, 0.15) is 5.69 Å². The number of nitrogen functional groups attached to an aromatic ring is 1. The van der Waals surface area contributed by atoms with Crippen LogP contribution >= 0.6 is 0 Å². The van der Waals surface area contributed by atoms with Gasteiger partial charge < -0.3 is 5.73 Å². The van der Waals surface area contributed by atoms with E-state index < -0.39 is 0 Å². The van der Waals surface area contributed by atoms with Crippen LogP contribution in [0.4, 0.5) is 5.82 Å². The Bertz CT molecular complexity index is 701. The minimum absolute atomic E-state index is 0.434. The first-order valence-corrected chi connectivity index (χ1v) is 5.84. The molecule has 0 fully saturated rings. The van der Waals surface area contributed by atoms with E-state index in [0.29, 0.717) is 11.5 Å². The Labute approximate surface area is 104 Å². The molecule has 0 bridgehead atoms. The van der Waals surface area contributed by atoms with Crippen LogP contribution in [0.2, 0.25) is 0 Å². The number of nitrogens with two attached hydrogens (primary N) is 1. The molecule has 2 N–H and O–H groups in total. The Morgan fingerprint density at radius 1 is 1.11 bits per heavy atom. The van der Waals surface area contributed by atoms with E-state index in [0.717, 1.165) is 23.3 Å². The lowest BCUT2D eigenvalue weighted by molar-refractivity contribution is 0.666. The molecule has 0 aliphatic heterocycles. The van der Waals surface area contributed by atoms with Crippen LogP contribution in [0.5, 0.6) is 0 Å². The Morgan fingerprint density at radius 3 is 2.56 bits per heavy atom. The van der Waals surface area contributed by atoms with E-state index in [1.165, 1.54) is 0 Å². The van der Waals surface area contributed by atoms with Crippen molar-refractivity contribution in [2.45, 2.75) is 13.5 Å². The number of benzene rings is 1. The van der Waals surface area contributed by atoms with Gasteiger partial charge in [0, 0.05) is 12.7 Å². The average molecular weight is 239 g/mol. The first kappa shape index (κ1) is 10.7. The predicted molar refractivity (Wildman–Crippen MR) is 70.8 cm³/mol. The van der Waals surface area contributed by atoms with E-state index in [-0.39, 0.29) is 0 Å². The Kier molecular flexibility index (Phi) is 2.44. The van der Waals surface area contributed by atoms with Crippen LogP contribution in [-0.4, -0.2) is 19.7 Å². The molecule has 0 saturated heterocycles. The molecule has 5 heteroatoms. The molecule has 3 rings (SSSR count). The van der Waals surface area contributed by atoms with Crippen molar-refractivity contribution in [3.63, 3.8) is 0 Å². The summed E-state index contributed by atoms with van der Waals surface area (Å²) in [6.07, 6.45) is 1.75. The number of hydrogen-bond acceptors (Lipinski definition) is 4. The second-order valence-corrected chi connectivity index (χ2v) is 3.98. The zero-order chi connectivity index (χ0) is 12.5. The zero-order valence-electron chi connectivity index (χ0n) is 10.0. The lowest BCUT2D eigenvalue weighted by Gasteiger charge is -2.07. The fraction of sp³-hybridized carbons (Fsp3) is 0.154. The van der Waals surface area contributed by atoms with Crippen molar-refractivity contribution in [3.05, 3.63) is 36.5 Å². The largest absolute Gasteiger partial charge is 0.382 e. The first-order chi connectivity index (χ1) is 8.79. The number of hydrogen-bond donors (Lipinski definition) is 1. The van der Waals surface area contributed by atoms with Crippen molar-refractivity contribution in [1.29, 1.82) is 0 Å². The van der Waals surface area contributed by atoms with Crippen LogP contribution in [0.15, 0.2) is 36.5 Å². The van der Waals surface area contributed by atoms with Gasteiger partial charge in [-0.1, -0.05) is 12.1 Å². The highest BCUT2D eigenvalue weighted by molar-refractivity contribution is 5.81. The molecule has 0 amide bonds. The molecule has 90 valence electrons. The first-order valence-electron chi connectivity index (χ1n) is 5.84. The number of nitrogens with zero attached hydrogens (tertiary/aromatic N) is 4. The third-order valence-corrected chi connectivity index (χ3v) is 2.86. The van der Waals surface area contributed by atoms with Crippen LogP contribution in [0.3, 0.4) is 0 Å². The molecule has 0 radical (unpaired) electrons. The van der Waals surface area contributed by atoms with Crippen LogP contribution in [0, 0.1) is 0 Å². The van der Waals surface area contributed by atoms with Gasteiger partial charge >= 0.3 is 0 Å². The number of anilines is 1. The van der Waals surface area contributed by atoms with E-state index in [9.17, 15) is 0 Å². The van der Waals surface area contributed by atoms with Crippen LogP contribution in [0.1, 0.15) is 6.92 Å². The van der Waals surface area contributed by atoms with Crippen LogP contribution < -0.4 is 5.73 Å².